The Labute approximate surface area is 75.4 Å². The maximum Gasteiger partial charge on any atom is 0.0613 e. The van der Waals surface area contributed by atoms with Crippen molar-refractivity contribution in [2.24, 2.45) is 11.8 Å². The van der Waals surface area contributed by atoms with Gasteiger partial charge in [-0.1, -0.05) is 13.8 Å². The van der Waals surface area contributed by atoms with E-state index in [1.807, 2.05) is 0 Å². The monoisotopic (exact) mass is 171 g/mol. The third-order valence-corrected chi connectivity index (χ3v) is 2.72. The van der Waals surface area contributed by atoms with Crippen LogP contribution in [0.3, 0.4) is 0 Å². The van der Waals surface area contributed by atoms with E-state index >= 15 is 0 Å². The zero-order valence-corrected chi connectivity index (χ0v) is 8.43. The Hall–Kier alpha value is -0.0800. The summed E-state index contributed by atoms with van der Waals surface area (Å²) in [4.78, 5) is 0. The van der Waals surface area contributed by atoms with Crippen LogP contribution in [0.4, 0.5) is 0 Å². The van der Waals surface area contributed by atoms with Gasteiger partial charge in [-0.05, 0) is 38.1 Å². The standard InChI is InChI=1S/C10H21NO/c1-8(2)6-11-10(3,7-12)9-4-5-9/h8-9,11-12H,4-7H2,1-3H3. The van der Waals surface area contributed by atoms with E-state index in [0.717, 1.165) is 6.54 Å². The fourth-order valence-electron chi connectivity index (χ4n) is 1.49. The molecule has 0 saturated heterocycles. The van der Waals surface area contributed by atoms with Crippen LogP contribution >= 0.6 is 0 Å². The van der Waals surface area contributed by atoms with E-state index in [0.29, 0.717) is 11.8 Å². The summed E-state index contributed by atoms with van der Waals surface area (Å²) in [5.74, 6) is 1.37. The van der Waals surface area contributed by atoms with Gasteiger partial charge >= 0.3 is 0 Å². The van der Waals surface area contributed by atoms with Crippen LogP contribution in [0, 0.1) is 11.8 Å². The summed E-state index contributed by atoms with van der Waals surface area (Å²) in [6.07, 6.45) is 2.56. The van der Waals surface area contributed by atoms with Gasteiger partial charge in [-0.3, -0.25) is 0 Å². The molecule has 1 unspecified atom stereocenters. The van der Waals surface area contributed by atoms with Crippen molar-refractivity contribution in [3.8, 4) is 0 Å². The summed E-state index contributed by atoms with van der Waals surface area (Å²) in [5, 5.41) is 12.7. The van der Waals surface area contributed by atoms with Crippen LogP contribution in [0.15, 0.2) is 0 Å². The highest BCUT2D eigenvalue weighted by atomic mass is 16.3. The molecule has 1 aliphatic carbocycles. The topological polar surface area (TPSA) is 32.3 Å². The molecule has 1 atom stereocenters. The Bertz CT molecular complexity index is 143. The van der Waals surface area contributed by atoms with Crippen molar-refractivity contribution in [2.75, 3.05) is 13.2 Å². The highest BCUT2D eigenvalue weighted by molar-refractivity contribution is 4.97. The lowest BCUT2D eigenvalue weighted by molar-refractivity contribution is 0.151. The average molecular weight is 171 g/mol. The predicted octanol–water partition coefficient (Wildman–Crippen LogP) is 1.39. The minimum absolute atomic E-state index is 0.00965. The lowest BCUT2D eigenvalue weighted by atomic mass is 9.96. The van der Waals surface area contributed by atoms with Crippen molar-refractivity contribution in [1.82, 2.24) is 5.32 Å². The van der Waals surface area contributed by atoms with E-state index in [2.05, 4.69) is 26.1 Å². The smallest absolute Gasteiger partial charge is 0.0613 e. The van der Waals surface area contributed by atoms with Crippen LogP contribution in [-0.4, -0.2) is 23.8 Å². The van der Waals surface area contributed by atoms with E-state index in [9.17, 15) is 5.11 Å². The molecule has 0 radical (unpaired) electrons. The molecule has 1 aliphatic rings. The molecule has 2 N–H and O–H groups in total. The van der Waals surface area contributed by atoms with Crippen LogP contribution < -0.4 is 5.32 Å². The molecule has 0 aromatic rings. The van der Waals surface area contributed by atoms with Crippen molar-refractivity contribution in [1.29, 1.82) is 0 Å². The van der Waals surface area contributed by atoms with Crippen molar-refractivity contribution in [2.45, 2.75) is 39.2 Å². The molecular formula is C10H21NO. The Balaban J connectivity index is 2.33. The van der Waals surface area contributed by atoms with Gasteiger partial charge in [0.05, 0.1) is 6.61 Å². The molecule has 0 heterocycles. The molecule has 0 bridgehead atoms. The third-order valence-electron chi connectivity index (χ3n) is 2.72. The van der Waals surface area contributed by atoms with Crippen molar-refractivity contribution < 1.29 is 5.11 Å². The fraction of sp³-hybridized carbons (Fsp3) is 1.00. The molecule has 0 spiro atoms. The SMILES string of the molecule is CC(C)CNC(C)(CO)C1CC1. The van der Waals surface area contributed by atoms with Gasteiger partial charge in [-0.15, -0.1) is 0 Å². The first-order valence-corrected chi connectivity index (χ1v) is 4.94. The first-order valence-electron chi connectivity index (χ1n) is 4.94. The highest BCUT2D eigenvalue weighted by Crippen LogP contribution is 2.39. The van der Waals surface area contributed by atoms with Gasteiger partial charge in [0, 0.05) is 5.54 Å². The molecule has 0 aromatic heterocycles. The molecule has 2 heteroatoms. The van der Waals surface area contributed by atoms with Gasteiger partial charge in [0.2, 0.25) is 0 Å². The number of hydrogen-bond acceptors (Lipinski definition) is 2. The number of aliphatic hydroxyl groups is 1. The molecule has 1 fully saturated rings. The summed E-state index contributed by atoms with van der Waals surface area (Å²) in [6.45, 7) is 7.79. The van der Waals surface area contributed by atoms with E-state index < -0.39 is 0 Å². The van der Waals surface area contributed by atoms with E-state index in [1.165, 1.54) is 12.8 Å². The van der Waals surface area contributed by atoms with E-state index in [-0.39, 0.29) is 12.1 Å². The normalized spacial score (nSPS) is 22.8. The number of rotatable bonds is 5. The third kappa shape index (κ3) is 2.46. The zero-order valence-electron chi connectivity index (χ0n) is 8.43. The van der Waals surface area contributed by atoms with Crippen LogP contribution in [0.2, 0.25) is 0 Å². The predicted molar refractivity (Wildman–Crippen MR) is 51.1 cm³/mol. The lowest BCUT2D eigenvalue weighted by Gasteiger charge is -2.29. The second kappa shape index (κ2) is 3.75. The van der Waals surface area contributed by atoms with Gasteiger partial charge in [0.1, 0.15) is 0 Å². The highest BCUT2D eigenvalue weighted by Gasteiger charge is 2.40. The molecule has 72 valence electrons. The molecule has 1 saturated carbocycles. The van der Waals surface area contributed by atoms with Gasteiger partial charge in [0.15, 0.2) is 0 Å². The van der Waals surface area contributed by atoms with Crippen LogP contribution in [-0.2, 0) is 0 Å². The Morgan fingerprint density at radius 1 is 1.50 bits per heavy atom. The number of nitrogens with one attached hydrogen (secondary N) is 1. The summed E-state index contributed by atoms with van der Waals surface area (Å²) >= 11 is 0. The number of aliphatic hydroxyl groups excluding tert-OH is 1. The van der Waals surface area contributed by atoms with Gasteiger partial charge < -0.3 is 10.4 Å². The Kier molecular flexibility index (Phi) is 3.13. The first kappa shape index (κ1) is 10.0. The molecule has 0 aliphatic heterocycles. The first-order chi connectivity index (χ1) is 5.58. The minimum Gasteiger partial charge on any atom is -0.394 e. The Morgan fingerprint density at radius 2 is 2.08 bits per heavy atom. The molecule has 0 aromatic carbocycles. The van der Waals surface area contributed by atoms with Crippen LogP contribution in [0.1, 0.15) is 33.6 Å². The van der Waals surface area contributed by atoms with Crippen LogP contribution in [0.25, 0.3) is 0 Å². The molecule has 12 heavy (non-hydrogen) atoms. The van der Waals surface area contributed by atoms with E-state index in [4.69, 9.17) is 0 Å². The summed E-state index contributed by atoms with van der Waals surface area (Å²) in [6, 6.07) is 0. The second-order valence-electron chi connectivity index (χ2n) is 4.62. The van der Waals surface area contributed by atoms with Crippen molar-refractivity contribution >= 4 is 0 Å². The van der Waals surface area contributed by atoms with E-state index in [1.54, 1.807) is 0 Å². The van der Waals surface area contributed by atoms with Crippen LogP contribution in [0.5, 0.6) is 0 Å². The molecule has 2 nitrogen and oxygen atoms in total. The number of hydrogen-bond donors (Lipinski definition) is 2. The van der Waals surface area contributed by atoms with Crippen molar-refractivity contribution in [3.05, 3.63) is 0 Å². The summed E-state index contributed by atoms with van der Waals surface area (Å²) in [7, 11) is 0. The zero-order chi connectivity index (χ0) is 9.19. The lowest BCUT2D eigenvalue weighted by Crippen LogP contribution is -2.49. The van der Waals surface area contributed by atoms with Gasteiger partial charge in [-0.25, -0.2) is 0 Å². The minimum atomic E-state index is -0.00965. The molecule has 0 amide bonds. The summed E-state index contributed by atoms with van der Waals surface area (Å²) in [5.41, 5.74) is -0.00965. The molecular weight excluding hydrogens is 150 g/mol. The maximum absolute atomic E-state index is 9.25. The molecule has 1 rings (SSSR count). The van der Waals surface area contributed by atoms with Gasteiger partial charge in [-0.2, -0.15) is 0 Å². The Morgan fingerprint density at radius 3 is 2.42 bits per heavy atom. The average Bonchev–Trinajstić information content (AvgIpc) is 2.82. The largest absolute Gasteiger partial charge is 0.394 e. The quantitative estimate of drug-likeness (QED) is 0.655. The van der Waals surface area contributed by atoms with Crippen molar-refractivity contribution in [3.63, 3.8) is 0 Å². The second-order valence-corrected chi connectivity index (χ2v) is 4.62. The maximum atomic E-state index is 9.25. The summed E-state index contributed by atoms with van der Waals surface area (Å²) < 4.78 is 0. The fourth-order valence-corrected chi connectivity index (χ4v) is 1.49. The van der Waals surface area contributed by atoms with Gasteiger partial charge in [0.25, 0.3) is 0 Å².